The molecule has 1 aromatic rings. The van der Waals surface area contributed by atoms with E-state index in [0.29, 0.717) is 0 Å². The second kappa shape index (κ2) is 5.21. The molecule has 1 heterocycles. The van der Waals surface area contributed by atoms with Crippen molar-refractivity contribution in [3.05, 3.63) is 29.3 Å². The molecular weight excluding hydrogens is 258 g/mol. The maximum atomic E-state index is 13.8. The zero-order valence-corrected chi connectivity index (χ0v) is 9.97. The van der Waals surface area contributed by atoms with Gasteiger partial charge in [0, 0.05) is 26.2 Å². The molecule has 0 radical (unpaired) electrons. The predicted octanol–water partition coefficient (Wildman–Crippen LogP) is 1.58. The number of carbonyl (C=O) groups excluding carboxylic acids is 1. The van der Waals surface area contributed by atoms with Crippen LogP contribution in [0.2, 0.25) is 0 Å². The number of carboxylic acid groups (broad SMARTS) is 1. The molecule has 0 aromatic heterocycles. The van der Waals surface area contributed by atoms with Gasteiger partial charge in [-0.2, -0.15) is 0 Å². The van der Waals surface area contributed by atoms with Crippen LogP contribution in [0.1, 0.15) is 10.4 Å². The number of hydrogen-bond acceptors (Lipinski definition) is 3. The van der Waals surface area contributed by atoms with Gasteiger partial charge in [-0.05, 0) is 12.1 Å². The summed E-state index contributed by atoms with van der Waals surface area (Å²) in [5.41, 5.74) is -0.279. The number of carbonyl (C=O) groups is 2. The van der Waals surface area contributed by atoms with Gasteiger partial charge in [0.2, 0.25) is 0 Å². The zero-order chi connectivity index (χ0) is 14.0. The van der Waals surface area contributed by atoms with Gasteiger partial charge in [0.1, 0.15) is 0 Å². The summed E-state index contributed by atoms with van der Waals surface area (Å²) in [5.74, 6) is -2.25. The molecule has 1 aliphatic rings. The van der Waals surface area contributed by atoms with Gasteiger partial charge >= 0.3 is 6.09 Å². The number of rotatable bonds is 2. The van der Waals surface area contributed by atoms with E-state index in [0.717, 1.165) is 0 Å². The minimum Gasteiger partial charge on any atom is -0.465 e. The maximum absolute atomic E-state index is 13.8. The van der Waals surface area contributed by atoms with Crippen molar-refractivity contribution in [1.29, 1.82) is 0 Å². The lowest BCUT2D eigenvalue weighted by Crippen LogP contribution is -2.48. The van der Waals surface area contributed by atoms with Gasteiger partial charge in [-0.15, -0.1) is 0 Å². The van der Waals surface area contributed by atoms with E-state index in [1.54, 1.807) is 4.90 Å². The molecule has 1 aromatic carbocycles. The quantitative estimate of drug-likeness (QED) is 0.829. The molecule has 1 amide bonds. The summed E-state index contributed by atoms with van der Waals surface area (Å²) in [6.45, 7) is 1.02. The van der Waals surface area contributed by atoms with Gasteiger partial charge in [0.05, 0.1) is 11.3 Å². The van der Waals surface area contributed by atoms with E-state index in [4.69, 9.17) is 5.11 Å². The van der Waals surface area contributed by atoms with Crippen LogP contribution in [0.15, 0.2) is 12.1 Å². The van der Waals surface area contributed by atoms with Crippen LogP contribution in [-0.2, 0) is 0 Å². The van der Waals surface area contributed by atoms with E-state index in [1.165, 1.54) is 17.0 Å². The molecule has 1 saturated heterocycles. The molecule has 5 nitrogen and oxygen atoms in total. The number of benzene rings is 1. The third kappa shape index (κ3) is 2.49. The van der Waals surface area contributed by atoms with Crippen LogP contribution in [0.4, 0.5) is 19.3 Å². The van der Waals surface area contributed by atoms with Crippen molar-refractivity contribution >= 4 is 18.1 Å². The molecule has 1 fully saturated rings. The highest BCUT2D eigenvalue weighted by Gasteiger charge is 2.24. The van der Waals surface area contributed by atoms with E-state index in [-0.39, 0.29) is 43.7 Å². The van der Waals surface area contributed by atoms with E-state index in [2.05, 4.69) is 0 Å². The van der Waals surface area contributed by atoms with Gasteiger partial charge in [0.25, 0.3) is 0 Å². The topological polar surface area (TPSA) is 60.9 Å². The molecule has 102 valence electrons. The summed E-state index contributed by atoms with van der Waals surface area (Å²) in [6.07, 6.45) is -0.771. The first-order valence-electron chi connectivity index (χ1n) is 5.70. The average molecular weight is 270 g/mol. The SMILES string of the molecule is O=Cc1ccc(N2CCN(C(=O)O)CC2)c(F)c1F. The molecule has 7 heteroatoms. The molecule has 0 aliphatic carbocycles. The van der Waals surface area contributed by atoms with Gasteiger partial charge in [-0.1, -0.05) is 0 Å². The Morgan fingerprint density at radius 1 is 1.16 bits per heavy atom. The molecular formula is C12H12F2N2O3. The number of halogens is 2. The van der Waals surface area contributed by atoms with Crippen LogP contribution in [0.25, 0.3) is 0 Å². The Bertz CT molecular complexity index is 514. The lowest BCUT2D eigenvalue weighted by atomic mass is 10.1. The highest BCUT2D eigenvalue weighted by Crippen LogP contribution is 2.24. The second-order valence-electron chi connectivity index (χ2n) is 4.18. The monoisotopic (exact) mass is 270 g/mol. The van der Waals surface area contributed by atoms with Crippen molar-refractivity contribution in [3.63, 3.8) is 0 Å². The Hall–Kier alpha value is -2.18. The van der Waals surface area contributed by atoms with Crippen LogP contribution in [0, 0.1) is 11.6 Å². The fourth-order valence-electron chi connectivity index (χ4n) is 2.03. The van der Waals surface area contributed by atoms with Crippen molar-refractivity contribution in [3.8, 4) is 0 Å². The van der Waals surface area contributed by atoms with E-state index >= 15 is 0 Å². The summed E-state index contributed by atoms with van der Waals surface area (Å²) in [4.78, 5) is 24.0. The molecule has 0 spiro atoms. The normalized spacial score (nSPS) is 15.5. The third-order valence-electron chi connectivity index (χ3n) is 3.11. The van der Waals surface area contributed by atoms with Gasteiger partial charge in [-0.3, -0.25) is 4.79 Å². The summed E-state index contributed by atoms with van der Waals surface area (Å²) in [7, 11) is 0. The summed E-state index contributed by atoms with van der Waals surface area (Å²) >= 11 is 0. The van der Waals surface area contributed by atoms with Gasteiger partial charge in [-0.25, -0.2) is 13.6 Å². The molecule has 0 unspecified atom stereocenters. The number of anilines is 1. The van der Waals surface area contributed by atoms with Crippen molar-refractivity contribution in [2.24, 2.45) is 0 Å². The Kier molecular flexibility index (Phi) is 3.64. The predicted molar refractivity (Wildman–Crippen MR) is 63.6 cm³/mol. The lowest BCUT2D eigenvalue weighted by molar-refractivity contribution is 0.111. The Morgan fingerprint density at radius 2 is 1.79 bits per heavy atom. The zero-order valence-electron chi connectivity index (χ0n) is 9.97. The highest BCUT2D eigenvalue weighted by molar-refractivity contribution is 5.76. The average Bonchev–Trinajstić information content (AvgIpc) is 2.42. The fraction of sp³-hybridized carbons (Fsp3) is 0.333. The standard InChI is InChI=1S/C12H12F2N2O3/c13-10-8(7-17)1-2-9(11(10)14)15-3-5-16(6-4-15)12(18)19/h1-2,7H,3-6H2,(H,18,19). The van der Waals surface area contributed by atoms with E-state index in [1.807, 2.05) is 0 Å². The Morgan fingerprint density at radius 3 is 2.32 bits per heavy atom. The number of piperazine rings is 1. The molecule has 1 N–H and O–H groups in total. The summed E-state index contributed by atoms with van der Waals surface area (Å²) < 4.78 is 27.3. The fourth-order valence-corrected chi connectivity index (χ4v) is 2.03. The minimum absolute atomic E-state index is 0.0492. The third-order valence-corrected chi connectivity index (χ3v) is 3.11. The number of nitrogens with zero attached hydrogens (tertiary/aromatic N) is 2. The largest absolute Gasteiger partial charge is 0.465 e. The van der Waals surface area contributed by atoms with Crippen LogP contribution < -0.4 is 4.90 Å². The lowest BCUT2D eigenvalue weighted by Gasteiger charge is -2.34. The minimum atomic E-state index is -1.17. The van der Waals surface area contributed by atoms with E-state index in [9.17, 15) is 18.4 Å². The second-order valence-corrected chi connectivity index (χ2v) is 4.18. The molecule has 0 bridgehead atoms. The number of aldehydes is 1. The van der Waals surface area contributed by atoms with Crippen molar-refractivity contribution < 1.29 is 23.5 Å². The van der Waals surface area contributed by atoms with Crippen LogP contribution >= 0.6 is 0 Å². The first-order valence-corrected chi connectivity index (χ1v) is 5.70. The Balaban J connectivity index is 2.18. The maximum Gasteiger partial charge on any atom is 0.407 e. The first kappa shape index (κ1) is 13.3. The molecule has 19 heavy (non-hydrogen) atoms. The van der Waals surface area contributed by atoms with Gasteiger partial charge in [0.15, 0.2) is 17.9 Å². The summed E-state index contributed by atoms with van der Waals surface area (Å²) in [6, 6.07) is 2.54. The van der Waals surface area contributed by atoms with Crippen molar-refractivity contribution in [2.75, 3.05) is 31.1 Å². The van der Waals surface area contributed by atoms with Crippen LogP contribution in [0.3, 0.4) is 0 Å². The molecule has 1 aliphatic heterocycles. The number of hydrogen-bond donors (Lipinski definition) is 1. The van der Waals surface area contributed by atoms with E-state index < -0.39 is 17.7 Å². The summed E-state index contributed by atoms with van der Waals surface area (Å²) in [5, 5.41) is 8.80. The molecule has 0 saturated carbocycles. The van der Waals surface area contributed by atoms with Gasteiger partial charge < -0.3 is 14.9 Å². The van der Waals surface area contributed by atoms with Crippen LogP contribution in [-0.4, -0.2) is 48.6 Å². The van der Waals surface area contributed by atoms with Crippen molar-refractivity contribution in [1.82, 2.24) is 4.90 Å². The molecule has 2 rings (SSSR count). The smallest absolute Gasteiger partial charge is 0.407 e. The first-order chi connectivity index (χ1) is 9.04. The van der Waals surface area contributed by atoms with Crippen molar-refractivity contribution in [2.45, 2.75) is 0 Å². The molecule has 0 atom stereocenters. The highest BCUT2D eigenvalue weighted by atomic mass is 19.2. The Labute approximate surface area is 108 Å². The number of amides is 1. The van der Waals surface area contributed by atoms with Crippen LogP contribution in [0.5, 0.6) is 0 Å².